The summed E-state index contributed by atoms with van der Waals surface area (Å²) in [4.78, 5) is 6.61. The van der Waals surface area contributed by atoms with Crippen molar-refractivity contribution in [3.8, 4) is 0 Å². The molecular weight excluding hydrogens is 465 g/mol. The van der Waals surface area contributed by atoms with Gasteiger partial charge in [0.05, 0.1) is 17.3 Å². The molecule has 0 atom stereocenters. The van der Waals surface area contributed by atoms with E-state index < -0.39 is 9.84 Å². The van der Waals surface area contributed by atoms with Gasteiger partial charge in [-0.05, 0) is 37.3 Å². The van der Waals surface area contributed by atoms with Crippen LogP contribution in [0.4, 0.5) is 0 Å². The van der Waals surface area contributed by atoms with Crippen LogP contribution in [-0.4, -0.2) is 65.4 Å². The van der Waals surface area contributed by atoms with E-state index in [2.05, 4.69) is 10.3 Å². The zero-order valence-corrected chi connectivity index (χ0v) is 18.7. The normalized spacial score (nSPS) is 14.6. The highest BCUT2D eigenvalue weighted by molar-refractivity contribution is 14.0. The summed E-state index contributed by atoms with van der Waals surface area (Å²) in [6.07, 6.45) is 3.12. The summed E-state index contributed by atoms with van der Waals surface area (Å²) >= 11 is 0. The summed E-state index contributed by atoms with van der Waals surface area (Å²) < 4.78 is 30.1. The standard InChI is InChI=1S/C18H29N3O3S.HI/c1-19-18(21(2)12-13-24-15-16-9-10-16)20-11-6-14-25(22,23)17-7-4-3-5-8-17;/h3-5,7-8,16H,6,9-15H2,1-2H3,(H,19,20);1H. The molecule has 0 bridgehead atoms. The molecule has 1 aromatic rings. The second-order valence-electron chi connectivity index (χ2n) is 6.40. The molecule has 1 aliphatic rings. The van der Waals surface area contributed by atoms with Crippen LogP contribution in [0.2, 0.25) is 0 Å². The summed E-state index contributed by atoms with van der Waals surface area (Å²) in [6, 6.07) is 8.57. The first kappa shape index (κ1) is 23.2. The molecule has 1 aromatic carbocycles. The van der Waals surface area contributed by atoms with Crippen molar-refractivity contribution < 1.29 is 13.2 Å². The van der Waals surface area contributed by atoms with E-state index in [-0.39, 0.29) is 29.7 Å². The lowest BCUT2D eigenvalue weighted by atomic mass is 10.4. The maximum absolute atomic E-state index is 12.2. The Kier molecular flexibility index (Phi) is 10.5. The molecule has 26 heavy (non-hydrogen) atoms. The molecule has 0 radical (unpaired) electrons. The minimum Gasteiger partial charge on any atom is -0.379 e. The fraction of sp³-hybridized carbons (Fsp3) is 0.611. The van der Waals surface area contributed by atoms with Gasteiger partial charge in [0.25, 0.3) is 0 Å². The van der Waals surface area contributed by atoms with E-state index in [1.807, 2.05) is 18.0 Å². The van der Waals surface area contributed by atoms with E-state index in [1.165, 1.54) is 12.8 Å². The molecule has 1 N–H and O–H groups in total. The molecule has 1 fully saturated rings. The molecule has 0 aliphatic heterocycles. The van der Waals surface area contributed by atoms with Gasteiger partial charge in [-0.2, -0.15) is 0 Å². The van der Waals surface area contributed by atoms with Gasteiger partial charge in [-0.15, -0.1) is 24.0 Å². The first-order chi connectivity index (χ1) is 12.0. The fourth-order valence-electron chi connectivity index (χ4n) is 2.43. The third kappa shape index (κ3) is 8.22. The predicted octanol–water partition coefficient (Wildman–Crippen LogP) is 2.40. The number of sulfone groups is 1. The van der Waals surface area contributed by atoms with Gasteiger partial charge in [0.2, 0.25) is 0 Å². The largest absolute Gasteiger partial charge is 0.379 e. The van der Waals surface area contributed by atoms with Gasteiger partial charge in [0.15, 0.2) is 15.8 Å². The maximum atomic E-state index is 12.2. The Labute approximate surface area is 174 Å². The van der Waals surface area contributed by atoms with Gasteiger partial charge in [-0.25, -0.2) is 8.42 Å². The lowest BCUT2D eigenvalue weighted by Crippen LogP contribution is -2.41. The molecule has 0 spiro atoms. The van der Waals surface area contributed by atoms with Crippen LogP contribution in [0, 0.1) is 5.92 Å². The van der Waals surface area contributed by atoms with E-state index >= 15 is 0 Å². The third-order valence-corrected chi connectivity index (χ3v) is 5.99. The number of nitrogens with one attached hydrogen (secondary N) is 1. The highest BCUT2D eigenvalue weighted by atomic mass is 127. The smallest absolute Gasteiger partial charge is 0.193 e. The van der Waals surface area contributed by atoms with Gasteiger partial charge >= 0.3 is 0 Å². The van der Waals surface area contributed by atoms with Crippen molar-refractivity contribution in [2.24, 2.45) is 10.9 Å². The quantitative estimate of drug-likeness (QED) is 0.234. The van der Waals surface area contributed by atoms with E-state index in [4.69, 9.17) is 4.74 Å². The van der Waals surface area contributed by atoms with Crippen LogP contribution < -0.4 is 5.32 Å². The average molecular weight is 495 g/mol. The number of likely N-dealkylation sites (N-methyl/N-ethyl adjacent to an activating group) is 1. The van der Waals surface area contributed by atoms with Gasteiger partial charge in [0.1, 0.15) is 0 Å². The van der Waals surface area contributed by atoms with Crippen LogP contribution in [0.3, 0.4) is 0 Å². The van der Waals surface area contributed by atoms with Crippen molar-refractivity contribution in [2.75, 3.05) is 46.2 Å². The van der Waals surface area contributed by atoms with Crippen molar-refractivity contribution in [3.05, 3.63) is 30.3 Å². The molecule has 1 aliphatic carbocycles. The number of ether oxygens (including phenoxy) is 1. The third-order valence-electron chi connectivity index (χ3n) is 4.17. The van der Waals surface area contributed by atoms with Crippen LogP contribution in [0.5, 0.6) is 0 Å². The van der Waals surface area contributed by atoms with Gasteiger partial charge in [-0.1, -0.05) is 18.2 Å². The van der Waals surface area contributed by atoms with Crippen LogP contribution in [-0.2, 0) is 14.6 Å². The van der Waals surface area contributed by atoms with Gasteiger partial charge in [0, 0.05) is 33.8 Å². The number of aliphatic imine (C=N–C) groups is 1. The summed E-state index contributed by atoms with van der Waals surface area (Å²) in [6.45, 7) is 2.86. The number of halogens is 1. The highest BCUT2D eigenvalue weighted by Crippen LogP contribution is 2.28. The number of rotatable bonds is 10. The van der Waals surface area contributed by atoms with Crippen molar-refractivity contribution in [1.82, 2.24) is 10.2 Å². The monoisotopic (exact) mass is 495 g/mol. The summed E-state index contributed by atoms with van der Waals surface area (Å²) in [7, 11) is 0.463. The predicted molar refractivity (Wildman–Crippen MR) is 116 cm³/mol. The zero-order chi connectivity index (χ0) is 18.1. The lowest BCUT2D eigenvalue weighted by molar-refractivity contribution is 0.115. The number of guanidine groups is 1. The zero-order valence-electron chi connectivity index (χ0n) is 15.6. The van der Waals surface area contributed by atoms with E-state index in [1.54, 1.807) is 31.3 Å². The first-order valence-corrected chi connectivity index (χ1v) is 10.5. The topological polar surface area (TPSA) is 71.0 Å². The average Bonchev–Trinajstić information content (AvgIpc) is 3.44. The Bertz CT molecular complexity index is 649. The van der Waals surface area contributed by atoms with Gasteiger partial charge in [-0.3, -0.25) is 4.99 Å². The molecule has 0 amide bonds. The van der Waals surface area contributed by atoms with Crippen LogP contribution in [0.1, 0.15) is 19.3 Å². The summed E-state index contributed by atoms with van der Waals surface area (Å²) in [5.74, 6) is 1.65. The minimum atomic E-state index is -3.22. The molecule has 1 saturated carbocycles. The maximum Gasteiger partial charge on any atom is 0.193 e. The fourth-order valence-corrected chi connectivity index (χ4v) is 3.77. The van der Waals surface area contributed by atoms with Crippen LogP contribution in [0.15, 0.2) is 40.2 Å². The molecule has 8 heteroatoms. The second-order valence-corrected chi connectivity index (χ2v) is 8.51. The Balaban J connectivity index is 0.00000338. The molecule has 2 rings (SSSR count). The minimum absolute atomic E-state index is 0. The molecule has 0 aromatic heterocycles. The molecule has 148 valence electrons. The number of benzene rings is 1. The van der Waals surface area contributed by atoms with Crippen molar-refractivity contribution in [3.63, 3.8) is 0 Å². The Morgan fingerprint density at radius 2 is 2.00 bits per heavy atom. The molecule has 0 unspecified atom stereocenters. The van der Waals surface area contributed by atoms with Gasteiger partial charge < -0.3 is 15.0 Å². The molecule has 0 saturated heterocycles. The van der Waals surface area contributed by atoms with Crippen LogP contribution >= 0.6 is 24.0 Å². The van der Waals surface area contributed by atoms with E-state index in [9.17, 15) is 8.42 Å². The van der Waals surface area contributed by atoms with Crippen molar-refractivity contribution >= 4 is 39.8 Å². The highest BCUT2D eigenvalue weighted by Gasteiger charge is 2.21. The number of hydrogen-bond acceptors (Lipinski definition) is 4. The van der Waals surface area contributed by atoms with E-state index in [0.29, 0.717) is 24.5 Å². The Hall–Kier alpha value is -0.870. The molecular formula is C18H30IN3O3S. The lowest BCUT2D eigenvalue weighted by Gasteiger charge is -2.22. The first-order valence-electron chi connectivity index (χ1n) is 8.80. The van der Waals surface area contributed by atoms with E-state index in [0.717, 1.165) is 25.0 Å². The second kappa shape index (κ2) is 11.8. The number of nitrogens with zero attached hydrogens (tertiary/aromatic N) is 2. The molecule has 6 nitrogen and oxygen atoms in total. The number of hydrogen-bond donors (Lipinski definition) is 1. The molecule has 0 heterocycles. The summed E-state index contributed by atoms with van der Waals surface area (Å²) in [5, 5.41) is 3.21. The Morgan fingerprint density at radius 1 is 1.31 bits per heavy atom. The van der Waals surface area contributed by atoms with Crippen molar-refractivity contribution in [1.29, 1.82) is 0 Å². The SMILES string of the molecule is CN=C(NCCCS(=O)(=O)c1ccccc1)N(C)CCOCC1CC1.I. The summed E-state index contributed by atoms with van der Waals surface area (Å²) in [5.41, 5.74) is 0. The Morgan fingerprint density at radius 3 is 2.62 bits per heavy atom. The van der Waals surface area contributed by atoms with Crippen molar-refractivity contribution in [2.45, 2.75) is 24.2 Å². The van der Waals surface area contributed by atoms with Crippen LogP contribution in [0.25, 0.3) is 0 Å².